The van der Waals surface area contributed by atoms with E-state index in [0.717, 1.165) is 6.42 Å². The van der Waals surface area contributed by atoms with E-state index >= 15 is 0 Å². The maximum Gasteiger partial charge on any atom is 0.446 e. The molecule has 0 amide bonds. The molecule has 1 aromatic heterocycles. The van der Waals surface area contributed by atoms with E-state index in [1.54, 1.807) is 0 Å². The van der Waals surface area contributed by atoms with E-state index in [1.165, 1.54) is 6.26 Å². The molecule has 0 bridgehead atoms. The predicted molar refractivity (Wildman–Crippen MR) is 50.9 cm³/mol. The molecule has 78 valence electrons. The van der Waals surface area contributed by atoms with Crippen molar-refractivity contribution in [3.63, 3.8) is 0 Å². The van der Waals surface area contributed by atoms with E-state index in [9.17, 15) is 10.1 Å². The third kappa shape index (κ3) is 2.16. The lowest BCUT2D eigenvalue weighted by atomic mass is 10.3. The first-order valence-corrected chi connectivity index (χ1v) is 4.71. The standard InChI is InChI=1S/C7H8Cl2N2O3/c1-2-3-5-4-14-6(10-5)7(8,9)11(12)13/h4H,2-3H2,1H3. The van der Waals surface area contributed by atoms with Crippen molar-refractivity contribution in [2.45, 2.75) is 24.2 Å². The van der Waals surface area contributed by atoms with Gasteiger partial charge < -0.3 is 4.42 Å². The van der Waals surface area contributed by atoms with Crippen LogP contribution in [0.3, 0.4) is 0 Å². The molecular weight excluding hydrogens is 231 g/mol. The van der Waals surface area contributed by atoms with Crippen LogP contribution < -0.4 is 0 Å². The molecule has 0 aliphatic heterocycles. The third-order valence-corrected chi connectivity index (χ3v) is 2.14. The third-order valence-electron chi connectivity index (χ3n) is 1.54. The Bertz CT molecular complexity index is 337. The van der Waals surface area contributed by atoms with Crippen LogP contribution in [0.5, 0.6) is 0 Å². The molecule has 1 rings (SSSR count). The summed E-state index contributed by atoms with van der Waals surface area (Å²) in [4.78, 5) is 13.4. The van der Waals surface area contributed by atoms with Gasteiger partial charge >= 0.3 is 10.3 Å². The highest BCUT2D eigenvalue weighted by Crippen LogP contribution is 2.33. The molecule has 0 saturated carbocycles. The molecule has 0 atom stereocenters. The fourth-order valence-electron chi connectivity index (χ4n) is 0.894. The number of nitro groups is 1. The first kappa shape index (κ1) is 11.3. The minimum Gasteiger partial charge on any atom is -0.440 e. The Morgan fingerprint density at radius 3 is 2.86 bits per heavy atom. The van der Waals surface area contributed by atoms with Gasteiger partial charge in [-0.3, -0.25) is 10.1 Å². The van der Waals surface area contributed by atoms with E-state index in [-0.39, 0.29) is 5.89 Å². The van der Waals surface area contributed by atoms with Gasteiger partial charge in [0.1, 0.15) is 6.26 Å². The summed E-state index contributed by atoms with van der Waals surface area (Å²) in [5.74, 6) is -0.297. The van der Waals surface area contributed by atoms with Gasteiger partial charge in [0.25, 0.3) is 0 Å². The molecule has 0 saturated heterocycles. The quantitative estimate of drug-likeness (QED) is 0.350. The first-order chi connectivity index (χ1) is 6.48. The Labute approximate surface area is 90.2 Å². The van der Waals surface area contributed by atoms with Gasteiger partial charge in [-0.1, -0.05) is 13.3 Å². The van der Waals surface area contributed by atoms with Crippen molar-refractivity contribution in [2.75, 3.05) is 0 Å². The fraction of sp³-hybridized carbons (Fsp3) is 0.571. The van der Waals surface area contributed by atoms with E-state index < -0.39 is 9.38 Å². The zero-order valence-corrected chi connectivity index (χ0v) is 8.88. The number of aryl methyl sites for hydroxylation is 1. The van der Waals surface area contributed by atoms with Gasteiger partial charge in [-0.25, -0.2) is 4.98 Å². The number of alkyl halides is 2. The molecular formula is C7H8Cl2N2O3. The van der Waals surface area contributed by atoms with Crippen LogP contribution in [-0.2, 0) is 10.9 Å². The summed E-state index contributed by atoms with van der Waals surface area (Å²) < 4.78 is 2.53. The minimum atomic E-state index is -2.30. The lowest BCUT2D eigenvalue weighted by Crippen LogP contribution is -2.22. The lowest BCUT2D eigenvalue weighted by molar-refractivity contribution is -0.526. The molecule has 14 heavy (non-hydrogen) atoms. The number of oxazole rings is 1. The molecule has 7 heteroatoms. The maximum absolute atomic E-state index is 10.4. The monoisotopic (exact) mass is 238 g/mol. The summed E-state index contributed by atoms with van der Waals surface area (Å²) in [6.45, 7) is 1.95. The Hall–Kier alpha value is -0.810. The van der Waals surface area contributed by atoms with Crippen LogP contribution in [0.1, 0.15) is 24.9 Å². The van der Waals surface area contributed by atoms with Gasteiger partial charge in [-0.2, -0.15) is 0 Å². The van der Waals surface area contributed by atoms with Crippen molar-refractivity contribution in [2.24, 2.45) is 0 Å². The summed E-state index contributed by atoms with van der Waals surface area (Å²) in [7, 11) is 0. The Kier molecular flexibility index (Phi) is 3.34. The van der Waals surface area contributed by atoms with Crippen molar-refractivity contribution >= 4 is 23.2 Å². The molecule has 1 aromatic rings. The van der Waals surface area contributed by atoms with Gasteiger partial charge in [-0.15, -0.1) is 0 Å². The zero-order chi connectivity index (χ0) is 10.8. The SMILES string of the molecule is CCCc1coc(C(Cl)(Cl)[N+](=O)[O-])n1. The van der Waals surface area contributed by atoms with Crippen molar-refractivity contribution in [1.82, 2.24) is 4.98 Å². The second kappa shape index (κ2) is 4.14. The molecule has 1 heterocycles. The number of halogens is 2. The second-order valence-electron chi connectivity index (χ2n) is 2.69. The molecule has 0 fully saturated rings. The Morgan fingerprint density at radius 2 is 2.36 bits per heavy atom. The lowest BCUT2D eigenvalue weighted by Gasteiger charge is -2.04. The maximum atomic E-state index is 10.4. The summed E-state index contributed by atoms with van der Waals surface area (Å²) in [6.07, 6.45) is 2.86. The predicted octanol–water partition coefficient (Wildman–Crippen LogP) is 2.49. The second-order valence-corrected chi connectivity index (χ2v) is 3.98. The van der Waals surface area contributed by atoms with Gasteiger partial charge in [0.15, 0.2) is 0 Å². The van der Waals surface area contributed by atoms with E-state index in [1.807, 2.05) is 6.92 Å². The van der Waals surface area contributed by atoms with Crippen molar-refractivity contribution in [1.29, 1.82) is 0 Å². The fourth-order valence-corrected chi connectivity index (χ4v) is 1.07. The van der Waals surface area contributed by atoms with Crippen molar-refractivity contribution in [3.05, 3.63) is 28.0 Å². The van der Waals surface area contributed by atoms with Crippen molar-refractivity contribution in [3.8, 4) is 0 Å². The molecule has 0 aliphatic rings. The smallest absolute Gasteiger partial charge is 0.440 e. The van der Waals surface area contributed by atoms with Crippen LogP contribution in [0, 0.1) is 10.1 Å². The number of hydrogen-bond donors (Lipinski definition) is 0. The van der Waals surface area contributed by atoms with E-state index in [4.69, 9.17) is 27.6 Å². The van der Waals surface area contributed by atoms with Gasteiger partial charge in [0.05, 0.1) is 10.6 Å². The average Bonchev–Trinajstić information content (AvgIpc) is 2.53. The highest BCUT2D eigenvalue weighted by molar-refractivity contribution is 6.46. The largest absolute Gasteiger partial charge is 0.446 e. The summed E-state index contributed by atoms with van der Waals surface area (Å²) in [5, 5.41) is 10.4. The molecule has 0 radical (unpaired) electrons. The number of aromatic nitrogens is 1. The first-order valence-electron chi connectivity index (χ1n) is 3.95. The van der Waals surface area contributed by atoms with Crippen LogP contribution in [0.4, 0.5) is 0 Å². The van der Waals surface area contributed by atoms with Crippen LogP contribution in [0.15, 0.2) is 10.7 Å². The van der Waals surface area contributed by atoms with Crippen LogP contribution in [0.2, 0.25) is 0 Å². The Morgan fingerprint density at radius 1 is 1.71 bits per heavy atom. The highest BCUT2D eigenvalue weighted by atomic mass is 35.5. The highest BCUT2D eigenvalue weighted by Gasteiger charge is 2.46. The molecule has 0 N–H and O–H groups in total. The molecule has 0 aromatic carbocycles. The van der Waals surface area contributed by atoms with Crippen LogP contribution in [-0.4, -0.2) is 9.91 Å². The molecule has 0 spiro atoms. The van der Waals surface area contributed by atoms with Crippen LogP contribution in [0.25, 0.3) is 0 Å². The average molecular weight is 239 g/mol. The Balaban J connectivity index is 2.91. The van der Waals surface area contributed by atoms with Crippen molar-refractivity contribution < 1.29 is 9.34 Å². The molecule has 0 unspecified atom stereocenters. The van der Waals surface area contributed by atoms with Gasteiger partial charge in [0, 0.05) is 0 Å². The topological polar surface area (TPSA) is 69.2 Å². The molecule has 0 aliphatic carbocycles. The van der Waals surface area contributed by atoms with Crippen LogP contribution >= 0.6 is 23.2 Å². The van der Waals surface area contributed by atoms with Gasteiger partial charge in [-0.05, 0) is 29.6 Å². The normalized spacial score (nSPS) is 11.6. The molecule has 5 nitrogen and oxygen atoms in total. The number of rotatable bonds is 4. The summed E-state index contributed by atoms with van der Waals surface area (Å²) >= 11 is 10.8. The summed E-state index contributed by atoms with van der Waals surface area (Å²) in [6, 6.07) is 0. The number of nitrogens with zero attached hydrogens (tertiary/aromatic N) is 2. The van der Waals surface area contributed by atoms with E-state index in [2.05, 4.69) is 4.98 Å². The zero-order valence-electron chi connectivity index (χ0n) is 7.37. The minimum absolute atomic E-state index is 0.297. The van der Waals surface area contributed by atoms with E-state index in [0.29, 0.717) is 12.1 Å². The summed E-state index contributed by atoms with van der Waals surface area (Å²) in [5.41, 5.74) is 0.607. The van der Waals surface area contributed by atoms with Gasteiger partial charge in [0.2, 0.25) is 0 Å². The number of hydrogen-bond acceptors (Lipinski definition) is 4.